The fourth-order valence-electron chi connectivity index (χ4n) is 3.74. The van der Waals surface area contributed by atoms with Gasteiger partial charge in [-0.05, 0) is 50.9 Å². The molecule has 6 nitrogen and oxygen atoms in total. The van der Waals surface area contributed by atoms with Gasteiger partial charge < -0.3 is 10.6 Å². The van der Waals surface area contributed by atoms with E-state index < -0.39 is 10.0 Å². The van der Waals surface area contributed by atoms with Crippen LogP contribution in [0.15, 0.2) is 41.3 Å². The minimum atomic E-state index is -3.63. The van der Waals surface area contributed by atoms with Crippen LogP contribution in [0.5, 0.6) is 0 Å². The molecule has 1 aliphatic carbocycles. The van der Waals surface area contributed by atoms with Crippen LogP contribution in [0.4, 0.5) is 5.69 Å². The highest BCUT2D eigenvalue weighted by Gasteiger charge is 2.27. The number of fused-ring (bicyclic) bond motifs is 1. The molecule has 1 aliphatic heterocycles. The molecule has 0 spiro atoms. The minimum Gasteiger partial charge on any atom is -0.325 e. The summed E-state index contributed by atoms with van der Waals surface area (Å²) in [5.41, 5.74) is 0.670. The summed E-state index contributed by atoms with van der Waals surface area (Å²) >= 11 is 0. The van der Waals surface area contributed by atoms with Crippen molar-refractivity contribution in [3.63, 3.8) is 0 Å². The lowest BCUT2D eigenvalue weighted by Gasteiger charge is -2.25. The monoisotopic (exact) mass is 387 g/mol. The standard InChI is InChI=1S/C20H25N3O3S/c24-20(14-4-3-5-14)22-18-8-9-19(17-7-2-1-6-16(17)18)27(25,26)23-15-10-12-21-13-11-15/h1-2,6-9,14-15,21,23H,3-5,10-13H2,(H,22,24). The van der Waals surface area contributed by atoms with Crippen molar-refractivity contribution in [1.82, 2.24) is 10.0 Å². The van der Waals surface area contributed by atoms with E-state index in [2.05, 4.69) is 15.4 Å². The molecule has 0 unspecified atom stereocenters. The first-order valence-corrected chi connectivity index (χ1v) is 11.1. The summed E-state index contributed by atoms with van der Waals surface area (Å²) < 4.78 is 28.8. The van der Waals surface area contributed by atoms with E-state index in [0.29, 0.717) is 11.1 Å². The third-order valence-electron chi connectivity index (χ3n) is 5.57. The lowest BCUT2D eigenvalue weighted by molar-refractivity contribution is -0.122. The van der Waals surface area contributed by atoms with Crippen LogP contribution in [0.25, 0.3) is 10.8 Å². The van der Waals surface area contributed by atoms with Gasteiger partial charge in [-0.1, -0.05) is 30.7 Å². The maximum absolute atomic E-state index is 13.0. The van der Waals surface area contributed by atoms with Crippen molar-refractivity contribution in [3.05, 3.63) is 36.4 Å². The number of nitrogens with one attached hydrogen (secondary N) is 3. The molecule has 1 amide bonds. The Balaban J connectivity index is 1.65. The number of amides is 1. The fraction of sp³-hybridized carbons (Fsp3) is 0.450. The molecule has 4 rings (SSSR count). The van der Waals surface area contributed by atoms with Crippen molar-refractivity contribution in [3.8, 4) is 0 Å². The van der Waals surface area contributed by atoms with E-state index in [9.17, 15) is 13.2 Å². The van der Waals surface area contributed by atoms with Gasteiger partial charge >= 0.3 is 0 Å². The highest BCUT2D eigenvalue weighted by molar-refractivity contribution is 7.89. The van der Waals surface area contributed by atoms with Gasteiger partial charge in [0.1, 0.15) is 0 Å². The molecule has 2 aromatic rings. The van der Waals surface area contributed by atoms with Crippen molar-refractivity contribution < 1.29 is 13.2 Å². The second-order valence-electron chi connectivity index (χ2n) is 7.42. The first-order chi connectivity index (χ1) is 13.0. The third-order valence-corrected chi connectivity index (χ3v) is 7.15. The Hall–Kier alpha value is -1.96. The summed E-state index contributed by atoms with van der Waals surface area (Å²) in [4.78, 5) is 12.6. The molecular formula is C20H25N3O3S. The SMILES string of the molecule is O=C(Nc1ccc(S(=O)(=O)NC2CCNCC2)c2ccccc12)C1CCC1. The molecule has 2 aromatic carbocycles. The summed E-state index contributed by atoms with van der Waals surface area (Å²) in [6, 6.07) is 10.6. The van der Waals surface area contributed by atoms with Crippen molar-refractivity contribution in [2.75, 3.05) is 18.4 Å². The van der Waals surface area contributed by atoms with Crippen LogP contribution in [-0.2, 0) is 14.8 Å². The van der Waals surface area contributed by atoms with Gasteiger partial charge in [0, 0.05) is 28.4 Å². The quantitative estimate of drug-likeness (QED) is 0.736. The van der Waals surface area contributed by atoms with Crippen LogP contribution in [0.1, 0.15) is 32.1 Å². The molecule has 1 saturated carbocycles. The molecule has 0 bridgehead atoms. The minimum absolute atomic E-state index is 0.0230. The Kier molecular flexibility index (Phi) is 5.16. The predicted octanol–water partition coefficient (Wildman–Crippen LogP) is 2.61. The molecule has 0 atom stereocenters. The zero-order chi connectivity index (χ0) is 18.9. The number of piperidine rings is 1. The van der Waals surface area contributed by atoms with E-state index in [4.69, 9.17) is 0 Å². The second-order valence-corrected chi connectivity index (χ2v) is 9.10. The van der Waals surface area contributed by atoms with Gasteiger partial charge in [0.25, 0.3) is 0 Å². The molecule has 0 radical (unpaired) electrons. The zero-order valence-corrected chi connectivity index (χ0v) is 16.0. The Bertz CT molecular complexity index is 948. The number of hydrogen-bond donors (Lipinski definition) is 3. The smallest absolute Gasteiger partial charge is 0.241 e. The van der Waals surface area contributed by atoms with Crippen molar-refractivity contribution in [2.24, 2.45) is 5.92 Å². The van der Waals surface area contributed by atoms with E-state index in [0.717, 1.165) is 50.6 Å². The molecule has 0 aromatic heterocycles. The van der Waals surface area contributed by atoms with Crippen molar-refractivity contribution >= 4 is 32.4 Å². The third kappa shape index (κ3) is 3.85. The van der Waals surface area contributed by atoms with Crippen LogP contribution in [0.3, 0.4) is 0 Å². The van der Waals surface area contributed by atoms with Gasteiger partial charge in [-0.3, -0.25) is 4.79 Å². The molecule has 1 saturated heterocycles. The Morgan fingerprint density at radius 3 is 2.33 bits per heavy atom. The van der Waals surface area contributed by atoms with Gasteiger partial charge in [-0.2, -0.15) is 0 Å². The van der Waals surface area contributed by atoms with E-state index in [1.165, 1.54) is 0 Å². The van der Waals surface area contributed by atoms with Crippen LogP contribution < -0.4 is 15.4 Å². The van der Waals surface area contributed by atoms with E-state index in [-0.39, 0.29) is 22.8 Å². The highest BCUT2D eigenvalue weighted by Crippen LogP contribution is 2.32. The average molecular weight is 388 g/mol. The number of carbonyl (C=O) groups excluding carboxylic acids is 1. The van der Waals surface area contributed by atoms with Crippen molar-refractivity contribution in [2.45, 2.75) is 43.0 Å². The largest absolute Gasteiger partial charge is 0.325 e. The zero-order valence-electron chi connectivity index (χ0n) is 15.2. The lowest BCUT2D eigenvalue weighted by Crippen LogP contribution is -2.42. The predicted molar refractivity (Wildman–Crippen MR) is 106 cm³/mol. The van der Waals surface area contributed by atoms with Crippen LogP contribution in [-0.4, -0.2) is 33.5 Å². The van der Waals surface area contributed by atoms with Gasteiger partial charge in [-0.15, -0.1) is 0 Å². The lowest BCUT2D eigenvalue weighted by atomic mass is 9.85. The molecule has 2 fully saturated rings. The van der Waals surface area contributed by atoms with Crippen LogP contribution >= 0.6 is 0 Å². The normalized spacial score (nSPS) is 19.0. The summed E-state index contributed by atoms with van der Waals surface area (Å²) in [7, 11) is -3.63. The van der Waals surface area contributed by atoms with Gasteiger partial charge in [-0.25, -0.2) is 13.1 Å². The van der Waals surface area contributed by atoms with Gasteiger partial charge in [0.05, 0.1) is 4.90 Å². The number of rotatable bonds is 5. The van der Waals surface area contributed by atoms with E-state index >= 15 is 0 Å². The van der Waals surface area contributed by atoms with Crippen LogP contribution in [0.2, 0.25) is 0 Å². The average Bonchev–Trinajstić information content (AvgIpc) is 2.60. The first-order valence-electron chi connectivity index (χ1n) is 9.60. The molecule has 7 heteroatoms. The number of anilines is 1. The Labute approximate surface area is 159 Å². The van der Waals surface area contributed by atoms with Crippen molar-refractivity contribution in [1.29, 1.82) is 0 Å². The molecule has 144 valence electrons. The number of hydrogen-bond acceptors (Lipinski definition) is 4. The number of benzene rings is 2. The van der Waals surface area contributed by atoms with Gasteiger partial charge in [0.2, 0.25) is 15.9 Å². The molecule has 2 aliphatic rings. The fourth-order valence-corrected chi connectivity index (χ4v) is 5.26. The Morgan fingerprint density at radius 1 is 0.963 bits per heavy atom. The molecular weight excluding hydrogens is 362 g/mol. The van der Waals surface area contributed by atoms with E-state index in [1.807, 2.05) is 18.2 Å². The van der Waals surface area contributed by atoms with E-state index in [1.54, 1.807) is 18.2 Å². The summed E-state index contributed by atoms with van der Waals surface area (Å²) in [5.74, 6) is 0.101. The molecule has 3 N–H and O–H groups in total. The highest BCUT2D eigenvalue weighted by atomic mass is 32.2. The number of sulfonamides is 1. The molecule has 1 heterocycles. The topological polar surface area (TPSA) is 87.3 Å². The summed E-state index contributed by atoms with van der Waals surface area (Å²) in [6.45, 7) is 1.64. The number of carbonyl (C=O) groups is 1. The maximum atomic E-state index is 13.0. The molecule has 27 heavy (non-hydrogen) atoms. The maximum Gasteiger partial charge on any atom is 0.241 e. The Morgan fingerprint density at radius 2 is 1.67 bits per heavy atom. The second kappa shape index (κ2) is 7.58. The summed E-state index contributed by atoms with van der Waals surface area (Å²) in [6.07, 6.45) is 4.52. The summed E-state index contributed by atoms with van der Waals surface area (Å²) in [5, 5.41) is 7.60. The first kappa shape index (κ1) is 18.4. The van der Waals surface area contributed by atoms with Crippen LogP contribution in [0, 0.1) is 5.92 Å². The van der Waals surface area contributed by atoms with Gasteiger partial charge in [0.15, 0.2) is 0 Å².